The van der Waals surface area contributed by atoms with Gasteiger partial charge in [-0.05, 0) is 18.6 Å². The molecule has 1 aromatic carbocycles. The molecule has 2 aromatic heterocycles. The van der Waals surface area contributed by atoms with E-state index >= 15 is 0 Å². The van der Waals surface area contributed by atoms with Gasteiger partial charge in [0.15, 0.2) is 12.0 Å². The Bertz CT molecular complexity index is 1290. The van der Waals surface area contributed by atoms with Gasteiger partial charge in [0.2, 0.25) is 0 Å². The fourth-order valence-corrected chi connectivity index (χ4v) is 2.80. The molecular weight excluding hydrogens is 434 g/mol. The van der Waals surface area contributed by atoms with Crippen LogP contribution in [0.3, 0.4) is 0 Å². The van der Waals surface area contributed by atoms with E-state index in [4.69, 9.17) is 10.3 Å². The van der Waals surface area contributed by atoms with Crippen molar-refractivity contribution in [1.29, 1.82) is 0 Å². The van der Waals surface area contributed by atoms with Crippen molar-refractivity contribution in [1.82, 2.24) is 9.89 Å². The van der Waals surface area contributed by atoms with E-state index in [1.54, 1.807) is 0 Å². The Kier molecular flexibility index (Phi) is 5.45. The predicted molar refractivity (Wildman–Crippen MR) is 103 cm³/mol. The number of aldehydes is 1. The highest BCUT2D eigenvalue weighted by Crippen LogP contribution is 2.30. The number of aryl methyl sites for hydroxylation is 1. The van der Waals surface area contributed by atoms with Gasteiger partial charge in [-0.2, -0.15) is 9.91 Å². The topological polar surface area (TPSA) is 224 Å². The van der Waals surface area contributed by atoms with Crippen molar-refractivity contribution in [3.8, 4) is 11.5 Å². The first kappa shape index (κ1) is 21.7. The molecule has 0 unspecified atom stereocenters. The maximum absolute atomic E-state index is 12.9. The summed E-state index contributed by atoms with van der Waals surface area (Å²) in [6, 6.07) is 3.77. The summed E-state index contributed by atoms with van der Waals surface area (Å²) in [6.45, 7) is 1.24. The van der Waals surface area contributed by atoms with Gasteiger partial charge in [0.25, 0.3) is 17.3 Å². The Morgan fingerprint density at radius 1 is 1.16 bits per heavy atom. The van der Waals surface area contributed by atoms with Crippen molar-refractivity contribution < 1.29 is 28.8 Å². The lowest BCUT2D eigenvalue weighted by atomic mass is 10.0. The van der Waals surface area contributed by atoms with Crippen LogP contribution in [0.4, 0.5) is 17.3 Å². The summed E-state index contributed by atoms with van der Waals surface area (Å²) in [4.78, 5) is 55.5. The second-order valence-electron chi connectivity index (χ2n) is 6.19. The maximum Gasteiger partial charge on any atom is 0.433 e. The van der Waals surface area contributed by atoms with Crippen molar-refractivity contribution in [2.75, 3.05) is 5.12 Å². The van der Waals surface area contributed by atoms with E-state index in [1.807, 2.05) is 0 Å². The number of hydrazine groups is 1. The van der Waals surface area contributed by atoms with Gasteiger partial charge in [0.05, 0.1) is 33.7 Å². The van der Waals surface area contributed by atoms with Crippen LogP contribution in [0.1, 0.15) is 26.3 Å². The minimum absolute atomic E-state index is 0.101. The number of nitro groups is 3. The fraction of sp³-hybridized carbons (Fsp3) is 0.0625. The molecule has 0 saturated heterocycles. The number of hydrogen-bond acceptors (Lipinski definition) is 11. The summed E-state index contributed by atoms with van der Waals surface area (Å²) < 4.78 is 4.99. The number of nitrogens with zero attached hydrogens (tertiary/aromatic N) is 6. The molecule has 164 valence electrons. The van der Waals surface area contributed by atoms with Crippen molar-refractivity contribution in [3.63, 3.8) is 0 Å². The first-order valence-electron chi connectivity index (χ1n) is 8.37. The number of aromatic nitrogens is 2. The Labute approximate surface area is 175 Å². The van der Waals surface area contributed by atoms with E-state index in [0.717, 1.165) is 18.3 Å². The number of carbonyl (C=O) groups is 2. The molecule has 0 bridgehead atoms. The third-order valence-electron chi connectivity index (χ3n) is 4.21. The molecule has 0 radical (unpaired) electrons. The molecule has 32 heavy (non-hydrogen) atoms. The number of nitro benzene ring substituents is 2. The van der Waals surface area contributed by atoms with Gasteiger partial charge in [-0.3, -0.25) is 39.9 Å². The molecule has 2 N–H and O–H groups in total. The lowest BCUT2D eigenvalue weighted by Gasteiger charge is -2.17. The highest BCUT2D eigenvalue weighted by molar-refractivity contribution is 6.05. The van der Waals surface area contributed by atoms with Gasteiger partial charge in [-0.15, -0.1) is 5.10 Å². The lowest BCUT2D eigenvalue weighted by molar-refractivity contribution is -0.401. The molecule has 0 saturated carbocycles. The van der Waals surface area contributed by atoms with E-state index in [9.17, 15) is 39.9 Å². The van der Waals surface area contributed by atoms with Crippen LogP contribution in [0.5, 0.6) is 0 Å². The normalized spacial score (nSPS) is 10.6. The number of amides is 1. The van der Waals surface area contributed by atoms with E-state index in [1.165, 1.54) is 13.0 Å². The summed E-state index contributed by atoms with van der Waals surface area (Å²) in [7, 11) is 0. The third-order valence-corrected chi connectivity index (χ3v) is 4.21. The largest absolute Gasteiger partial charge is 0.433 e. The third kappa shape index (κ3) is 3.75. The average molecular weight is 445 g/mol. The van der Waals surface area contributed by atoms with Gasteiger partial charge >= 0.3 is 5.88 Å². The Morgan fingerprint density at radius 2 is 1.84 bits per heavy atom. The van der Waals surface area contributed by atoms with Crippen molar-refractivity contribution in [2.24, 2.45) is 5.84 Å². The van der Waals surface area contributed by atoms with E-state index in [0.29, 0.717) is 22.3 Å². The highest BCUT2D eigenvalue weighted by Gasteiger charge is 2.31. The first-order valence-corrected chi connectivity index (χ1v) is 8.37. The molecule has 0 aliphatic carbocycles. The van der Waals surface area contributed by atoms with Crippen LogP contribution < -0.4 is 11.0 Å². The molecule has 2 heterocycles. The zero-order chi connectivity index (χ0) is 23.7. The quantitative estimate of drug-likeness (QED) is 0.181. The molecule has 0 aliphatic rings. The van der Waals surface area contributed by atoms with E-state index < -0.39 is 43.5 Å². The number of nitrogens with two attached hydrogens (primary N) is 1. The molecular formula is C16H11N7O9. The van der Waals surface area contributed by atoms with Gasteiger partial charge in [-0.25, -0.2) is 5.84 Å². The molecule has 0 fully saturated rings. The molecule has 1 amide bonds. The maximum atomic E-state index is 12.9. The van der Waals surface area contributed by atoms with Gasteiger partial charge in [0.1, 0.15) is 16.2 Å². The fourth-order valence-electron chi connectivity index (χ4n) is 2.80. The van der Waals surface area contributed by atoms with Crippen LogP contribution in [0.25, 0.3) is 11.5 Å². The molecule has 0 aliphatic heterocycles. The van der Waals surface area contributed by atoms with Crippen LogP contribution in [0, 0.1) is 37.3 Å². The Morgan fingerprint density at radius 3 is 2.38 bits per heavy atom. The monoisotopic (exact) mass is 445 g/mol. The van der Waals surface area contributed by atoms with Crippen LogP contribution in [0.15, 0.2) is 34.9 Å². The van der Waals surface area contributed by atoms with Crippen molar-refractivity contribution >= 4 is 29.5 Å². The predicted octanol–water partition coefficient (Wildman–Crippen LogP) is 1.64. The van der Waals surface area contributed by atoms with Crippen LogP contribution in [-0.2, 0) is 0 Å². The van der Waals surface area contributed by atoms with Gasteiger partial charge in [-0.1, -0.05) is 0 Å². The summed E-state index contributed by atoms with van der Waals surface area (Å²) in [5.74, 6) is 3.79. The van der Waals surface area contributed by atoms with Crippen molar-refractivity contribution in [3.05, 3.63) is 77.5 Å². The number of carbonyl (C=O) groups excluding carboxylic acids is 2. The average Bonchev–Trinajstić information content (AvgIpc) is 3.38. The standard InChI is InChI=1S/C16H11N7O9/c1-8-4-10(21(26)27)5-11(22(28)29)14(8)16(25)20(17)19-6-9(7-24)15(18-19)12-2-3-13(32-12)23(30)31/h2-7H,17H2,1H3. The number of hydrogen-bond donors (Lipinski definition) is 1. The highest BCUT2D eigenvalue weighted by atomic mass is 16.7. The smallest absolute Gasteiger partial charge is 0.399 e. The van der Waals surface area contributed by atoms with Crippen molar-refractivity contribution in [2.45, 2.75) is 6.92 Å². The number of non-ortho nitro benzene ring substituents is 1. The first-order chi connectivity index (χ1) is 15.0. The van der Waals surface area contributed by atoms with Gasteiger partial charge in [0, 0.05) is 6.07 Å². The van der Waals surface area contributed by atoms with Crippen LogP contribution in [-0.4, -0.2) is 36.9 Å². The van der Waals surface area contributed by atoms with Crippen LogP contribution >= 0.6 is 0 Å². The van der Waals surface area contributed by atoms with E-state index in [-0.39, 0.29) is 22.6 Å². The molecule has 16 nitrogen and oxygen atoms in total. The summed E-state index contributed by atoms with van der Waals surface area (Å²) in [5, 5.41) is 37.4. The second kappa shape index (κ2) is 8.03. The summed E-state index contributed by atoms with van der Waals surface area (Å²) >= 11 is 0. The second-order valence-corrected chi connectivity index (χ2v) is 6.19. The lowest BCUT2D eigenvalue weighted by Crippen LogP contribution is -2.47. The minimum atomic E-state index is -1.17. The Balaban J connectivity index is 2.05. The molecule has 3 aromatic rings. The number of rotatable bonds is 7. The SMILES string of the molecule is Cc1cc([N+](=O)[O-])cc([N+](=O)[O-])c1C(=O)N(N)n1cc(C=O)c(-c2ccc([N+](=O)[O-])o2)n1. The molecule has 0 atom stereocenters. The minimum Gasteiger partial charge on any atom is -0.399 e. The number of furan rings is 1. The Hall–Kier alpha value is -4.99. The van der Waals surface area contributed by atoms with E-state index in [2.05, 4.69) is 5.10 Å². The summed E-state index contributed by atoms with van der Waals surface area (Å²) in [6.07, 6.45) is 1.31. The molecule has 16 heteroatoms. The van der Waals surface area contributed by atoms with Crippen LogP contribution in [0.2, 0.25) is 0 Å². The molecule has 0 spiro atoms. The summed E-state index contributed by atoms with van der Waals surface area (Å²) in [5.41, 5.74) is -2.45. The molecule has 3 rings (SSSR count). The zero-order valence-electron chi connectivity index (χ0n) is 15.9. The zero-order valence-corrected chi connectivity index (χ0v) is 15.9. The van der Waals surface area contributed by atoms with Gasteiger partial charge < -0.3 is 4.42 Å². The number of benzene rings is 1.